The molecule has 0 saturated heterocycles. The molecule has 218 valence electrons. The monoisotopic (exact) mass is 589 g/mol. The van der Waals surface area contributed by atoms with Gasteiger partial charge in [0.2, 0.25) is 0 Å². The molecule has 0 fully saturated rings. The molecule has 0 N–H and O–H groups in total. The number of hydrogen-bond donors (Lipinski definition) is 0. The topological polar surface area (TPSA) is 38.7 Å². The molecule has 0 radical (unpaired) electrons. The quantitative estimate of drug-likeness (QED) is 0.194. The Morgan fingerprint density at radius 2 is 1.20 bits per heavy atom. The van der Waals surface area contributed by atoms with Crippen LogP contribution in [0.3, 0.4) is 0 Å². The Morgan fingerprint density at radius 1 is 0.500 bits per heavy atom. The van der Waals surface area contributed by atoms with Crippen molar-refractivity contribution in [3.63, 3.8) is 0 Å². The zero-order valence-corrected chi connectivity index (χ0v) is 25.3. The maximum absolute atomic E-state index is 5.21. The van der Waals surface area contributed by atoms with E-state index in [1.165, 1.54) is 33.0 Å². The molecule has 1 unspecified atom stereocenters. The van der Waals surface area contributed by atoms with Crippen molar-refractivity contribution in [2.45, 2.75) is 12.3 Å². The van der Waals surface area contributed by atoms with Gasteiger partial charge in [-0.1, -0.05) is 127 Å². The van der Waals surface area contributed by atoms with Crippen molar-refractivity contribution in [2.24, 2.45) is 0 Å². The predicted octanol–water partition coefficient (Wildman–Crippen LogP) is 10.8. The highest BCUT2D eigenvalue weighted by atomic mass is 14.9. The molecule has 0 saturated carbocycles. The second kappa shape index (κ2) is 12.2. The van der Waals surface area contributed by atoms with Gasteiger partial charge in [0.15, 0.2) is 5.82 Å². The maximum atomic E-state index is 5.21. The van der Waals surface area contributed by atoms with Crippen LogP contribution in [0.25, 0.3) is 61.2 Å². The lowest BCUT2D eigenvalue weighted by atomic mass is 9.90. The first-order chi connectivity index (χ1) is 22.8. The van der Waals surface area contributed by atoms with E-state index in [-0.39, 0.29) is 5.92 Å². The number of allylic oxidation sites excluding steroid dienone is 4. The van der Waals surface area contributed by atoms with Crippen LogP contribution in [-0.2, 0) is 0 Å². The molecule has 0 amide bonds. The highest BCUT2D eigenvalue weighted by Crippen LogP contribution is 2.35. The van der Waals surface area contributed by atoms with E-state index < -0.39 is 0 Å². The van der Waals surface area contributed by atoms with Crippen molar-refractivity contribution in [1.29, 1.82) is 0 Å². The van der Waals surface area contributed by atoms with E-state index in [1.54, 1.807) is 0 Å². The van der Waals surface area contributed by atoms with Gasteiger partial charge in [0.05, 0.1) is 11.4 Å². The number of nitrogens with zero attached hydrogens (tertiary/aromatic N) is 3. The van der Waals surface area contributed by atoms with Gasteiger partial charge in [-0.15, -0.1) is 0 Å². The van der Waals surface area contributed by atoms with Crippen LogP contribution >= 0.6 is 0 Å². The van der Waals surface area contributed by atoms with Crippen LogP contribution in [0.4, 0.5) is 0 Å². The van der Waals surface area contributed by atoms with Crippen LogP contribution in [0.1, 0.15) is 23.6 Å². The molecule has 8 rings (SSSR count). The molecular formula is C43H31N3. The summed E-state index contributed by atoms with van der Waals surface area (Å²) in [7, 11) is 0. The van der Waals surface area contributed by atoms with Crippen LogP contribution in [0, 0.1) is 0 Å². The van der Waals surface area contributed by atoms with Crippen LogP contribution in [-0.4, -0.2) is 15.0 Å². The number of aromatic nitrogens is 3. The van der Waals surface area contributed by atoms with E-state index in [2.05, 4.69) is 151 Å². The molecule has 46 heavy (non-hydrogen) atoms. The Kier molecular flexibility index (Phi) is 7.33. The largest absolute Gasteiger partial charge is 0.264 e. The van der Waals surface area contributed by atoms with E-state index in [9.17, 15) is 0 Å². The van der Waals surface area contributed by atoms with Crippen molar-refractivity contribution in [2.75, 3.05) is 0 Å². The summed E-state index contributed by atoms with van der Waals surface area (Å²) >= 11 is 0. The van der Waals surface area contributed by atoms with E-state index >= 15 is 0 Å². The smallest absolute Gasteiger partial charge is 0.160 e. The summed E-state index contributed by atoms with van der Waals surface area (Å²) in [6, 6.07) is 49.1. The van der Waals surface area contributed by atoms with Crippen molar-refractivity contribution < 1.29 is 0 Å². The molecule has 2 heterocycles. The molecule has 0 bridgehead atoms. The molecule has 5 aromatic carbocycles. The van der Waals surface area contributed by atoms with Gasteiger partial charge < -0.3 is 0 Å². The molecule has 3 heteroatoms. The highest BCUT2D eigenvalue weighted by Gasteiger charge is 2.18. The lowest BCUT2D eigenvalue weighted by molar-refractivity contribution is 0.813. The Labute approximate surface area is 269 Å². The van der Waals surface area contributed by atoms with Gasteiger partial charge >= 0.3 is 0 Å². The van der Waals surface area contributed by atoms with Crippen molar-refractivity contribution in [1.82, 2.24) is 15.0 Å². The van der Waals surface area contributed by atoms with E-state index in [0.29, 0.717) is 0 Å². The minimum absolute atomic E-state index is 0.141. The maximum Gasteiger partial charge on any atom is 0.160 e. The summed E-state index contributed by atoms with van der Waals surface area (Å²) in [6.45, 7) is 0. The Morgan fingerprint density at radius 3 is 2.00 bits per heavy atom. The molecule has 7 aromatic rings. The van der Waals surface area contributed by atoms with Gasteiger partial charge in [0.25, 0.3) is 0 Å². The Bertz CT molecular complexity index is 2230. The Balaban J connectivity index is 1.21. The fraction of sp³-hybridized carbons (Fsp3) is 0.0465. The summed E-state index contributed by atoms with van der Waals surface area (Å²) < 4.78 is 0. The van der Waals surface area contributed by atoms with Gasteiger partial charge in [-0.05, 0) is 80.9 Å². The van der Waals surface area contributed by atoms with Crippen LogP contribution in [0.2, 0.25) is 0 Å². The first-order valence-electron chi connectivity index (χ1n) is 15.7. The summed E-state index contributed by atoms with van der Waals surface area (Å²) in [6.07, 6.45) is 11.3. The number of benzene rings is 5. The van der Waals surface area contributed by atoms with Gasteiger partial charge in [0.1, 0.15) is 0 Å². The first kappa shape index (κ1) is 27.6. The predicted molar refractivity (Wildman–Crippen MR) is 190 cm³/mol. The Hall–Kier alpha value is -5.93. The molecule has 1 aliphatic rings. The molecule has 3 nitrogen and oxygen atoms in total. The van der Waals surface area contributed by atoms with Crippen molar-refractivity contribution in [3.8, 4) is 44.9 Å². The fourth-order valence-corrected chi connectivity index (χ4v) is 6.22. The van der Waals surface area contributed by atoms with Gasteiger partial charge in [-0.2, -0.15) is 0 Å². The third-order valence-corrected chi connectivity index (χ3v) is 8.69. The molecule has 2 aromatic heterocycles. The second-order valence-electron chi connectivity index (χ2n) is 11.7. The molecule has 0 spiro atoms. The van der Waals surface area contributed by atoms with Crippen LogP contribution in [0.15, 0.2) is 170 Å². The zero-order valence-electron chi connectivity index (χ0n) is 25.3. The first-order valence-corrected chi connectivity index (χ1v) is 15.7. The molecule has 1 aliphatic carbocycles. The number of hydrogen-bond acceptors (Lipinski definition) is 3. The van der Waals surface area contributed by atoms with Gasteiger partial charge in [0, 0.05) is 29.4 Å². The standard InChI is InChI=1S/C43H31N3/c1-2-9-30(10-3-1)35-13-6-15-38(26-35)42-28-41(33-21-18-32(19-22-33)40-17-8-24-44-29-40)45-43(46-42)39-16-7-14-36(27-39)37-23-20-31-11-4-5-12-34(31)25-37/h1-21,23-29,33H,22H2. The third kappa shape index (κ3) is 5.67. The summed E-state index contributed by atoms with van der Waals surface area (Å²) in [4.78, 5) is 14.7. The average molecular weight is 590 g/mol. The van der Waals surface area contributed by atoms with E-state index in [0.717, 1.165) is 45.9 Å². The lowest BCUT2D eigenvalue weighted by Gasteiger charge is -2.18. The SMILES string of the molecule is C1=CC(c2cc(-c3cccc(-c4ccccc4)c3)nc(-c3cccc(-c4ccc5ccccc5c4)c3)n2)CC=C1c1cccnc1. The average Bonchev–Trinajstić information content (AvgIpc) is 3.15. The number of fused-ring (bicyclic) bond motifs is 1. The van der Waals surface area contributed by atoms with Crippen LogP contribution in [0.5, 0.6) is 0 Å². The minimum atomic E-state index is 0.141. The van der Waals surface area contributed by atoms with Gasteiger partial charge in [-0.3, -0.25) is 4.98 Å². The lowest BCUT2D eigenvalue weighted by Crippen LogP contribution is -2.05. The van der Waals surface area contributed by atoms with Gasteiger partial charge in [-0.25, -0.2) is 9.97 Å². The number of rotatable bonds is 6. The molecule has 1 atom stereocenters. The molecular weight excluding hydrogens is 558 g/mol. The second-order valence-corrected chi connectivity index (χ2v) is 11.7. The van der Waals surface area contributed by atoms with E-state index in [1.807, 2.05) is 24.5 Å². The van der Waals surface area contributed by atoms with Crippen molar-refractivity contribution in [3.05, 3.63) is 181 Å². The fourth-order valence-electron chi connectivity index (χ4n) is 6.22. The molecule has 0 aliphatic heterocycles. The third-order valence-electron chi connectivity index (χ3n) is 8.69. The summed E-state index contributed by atoms with van der Waals surface area (Å²) in [5.74, 6) is 0.873. The van der Waals surface area contributed by atoms with Crippen LogP contribution < -0.4 is 0 Å². The summed E-state index contributed by atoms with van der Waals surface area (Å²) in [5.41, 5.74) is 11.0. The van der Waals surface area contributed by atoms with E-state index in [4.69, 9.17) is 9.97 Å². The normalized spacial score (nSPS) is 14.3. The zero-order chi connectivity index (χ0) is 30.7. The van der Waals surface area contributed by atoms with Crippen molar-refractivity contribution >= 4 is 16.3 Å². The minimum Gasteiger partial charge on any atom is -0.264 e. The summed E-state index contributed by atoms with van der Waals surface area (Å²) in [5, 5.41) is 2.47. The highest BCUT2D eigenvalue weighted by molar-refractivity contribution is 5.88. The number of pyridine rings is 1.